The van der Waals surface area contributed by atoms with Gasteiger partial charge in [-0.1, -0.05) is 18.2 Å². The Hall–Kier alpha value is -2.23. The fraction of sp³-hybridized carbons (Fsp3) is 0. The highest BCUT2D eigenvalue weighted by atomic mass is 16.5. The van der Waals surface area contributed by atoms with Crippen LogP contribution in [0.3, 0.4) is 0 Å². The van der Waals surface area contributed by atoms with Crippen LogP contribution in [0.2, 0.25) is 0 Å². The summed E-state index contributed by atoms with van der Waals surface area (Å²) in [6.07, 6.45) is 0. The van der Waals surface area contributed by atoms with Crippen molar-refractivity contribution in [3.63, 3.8) is 0 Å². The average Bonchev–Trinajstić information content (AvgIpc) is 2.17. The predicted octanol–water partition coefficient (Wildman–Crippen LogP) is 2.04. The van der Waals surface area contributed by atoms with Crippen LogP contribution in [0.1, 0.15) is 0 Å². The molecule has 0 spiro atoms. The van der Waals surface area contributed by atoms with Crippen LogP contribution >= 0.6 is 0 Å². The number of anilines is 2. The number of benzene rings is 1. The highest BCUT2D eigenvalue weighted by molar-refractivity contribution is 5.48. The van der Waals surface area contributed by atoms with E-state index >= 15 is 0 Å². The zero-order chi connectivity index (χ0) is 10.7. The number of rotatable bonds is 2. The first-order chi connectivity index (χ1) is 7.24. The van der Waals surface area contributed by atoms with E-state index in [2.05, 4.69) is 4.98 Å². The van der Waals surface area contributed by atoms with Crippen LogP contribution in [0.25, 0.3) is 0 Å². The van der Waals surface area contributed by atoms with Crippen LogP contribution in [0.15, 0.2) is 42.5 Å². The Kier molecular flexibility index (Phi) is 2.41. The summed E-state index contributed by atoms with van der Waals surface area (Å²) in [7, 11) is 0. The molecule has 76 valence electrons. The average molecular weight is 201 g/mol. The second-order valence-electron chi connectivity index (χ2n) is 3.07. The maximum absolute atomic E-state index is 5.54. The number of nitrogen functional groups attached to an aromatic ring is 2. The largest absolute Gasteiger partial charge is 0.457 e. The van der Waals surface area contributed by atoms with E-state index in [-0.39, 0.29) is 0 Å². The Balaban J connectivity index is 2.25. The molecule has 2 aromatic rings. The van der Waals surface area contributed by atoms with Crippen LogP contribution in [0, 0.1) is 0 Å². The van der Waals surface area contributed by atoms with Crippen molar-refractivity contribution < 1.29 is 4.74 Å². The van der Waals surface area contributed by atoms with Gasteiger partial charge in [0, 0.05) is 12.1 Å². The summed E-state index contributed by atoms with van der Waals surface area (Å²) in [5.41, 5.74) is 11.1. The minimum Gasteiger partial charge on any atom is -0.457 e. The van der Waals surface area contributed by atoms with Crippen molar-refractivity contribution in [2.75, 3.05) is 11.5 Å². The van der Waals surface area contributed by atoms with E-state index in [1.807, 2.05) is 30.3 Å². The van der Waals surface area contributed by atoms with E-state index in [0.29, 0.717) is 17.4 Å². The van der Waals surface area contributed by atoms with Gasteiger partial charge in [0.2, 0.25) is 0 Å². The molecule has 0 unspecified atom stereocenters. The minimum absolute atomic E-state index is 0.348. The summed E-state index contributed by atoms with van der Waals surface area (Å²) in [6, 6.07) is 12.7. The molecule has 1 aromatic heterocycles. The standard InChI is InChI=1S/C11H11N3O/c12-10-6-9(7-11(13)14-10)15-8-4-2-1-3-5-8/h1-7H,(H4,12,13,14). The Bertz CT molecular complexity index is 436. The van der Waals surface area contributed by atoms with Crippen molar-refractivity contribution in [2.45, 2.75) is 0 Å². The highest BCUT2D eigenvalue weighted by Gasteiger charge is 1.99. The lowest BCUT2D eigenvalue weighted by Gasteiger charge is -2.06. The number of para-hydroxylation sites is 1. The van der Waals surface area contributed by atoms with Crippen molar-refractivity contribution in [3.05, 3.63) is 42.5 Å². The summed E-state index contributed by atoms with van der Waals surface area (Å²) in [4.78, 5) is 3.85. The molecule has 0 aliphatic carbocycles. The van der Waals surface area contributed by atoms with Gasteiger partial charge in [-0.15, -0.1) is 0 Å². The van der Waals surface area contributed by atoms with Crippen molar-refractivity contribution >= 4 is 11.6 Å². The van der Waals surface area contributed by atoms with E-state index in [4.69, 9.17) is 16.2 Å². The van der Waals surface area contributed by atoms with Crippen LogP contribution in [0.5, 0.6) is 11.5 Å². The molecule has 4 nitrogen and oxygen atoms in total. The zero-order valence-corrected chi connectivity index (χ0v) is 8.05. The maximum atomic E-state index is 5.54. The second kappa shape index (κ2) is 3.88. The van der Waals surface area contributed by atoms with E-state index in [1.54, 1.807) is 12.1 Å². The lowest BCUT2D eigenvalue weighted by atomic mass is 10.3. The van der Waals surface area contributed by atoms with Crippen molar-refractivity contribution in [2.24, 2.45) is 0 Å². The monoisotopic (exact) mass is 201 g/mol. The fourth-order valence-corrected chi connectivity index (χ4v) is 1.23. The summed E-state index contributed by atoms with van der Waals surface area (Å²) in [5, 5.41) is 0. The first-order valence-electron chi connectivity index (χ1n) is 4.50. The number of pyridine rings is 1. The molecule has 4 heteroatoms. The highest BCUT2D eigenvalue weighted by Crippen LogP contribution is 2.23. The molecule has 0 saturated carbocycles. The quantitative estimate of drug-likeness (QED) is 0.779. The Morgan fingerprint density at radius 3 is 2.07 bits per heavy atom. The number of nitrogens with zero attached hydrogens (tertiary/aromatic N) is 1. The molecule has 0 amide bonds. The van der Waals surface area contributed by atoms with Gasteiger partial charge in [-0.2, -0.15) is 0 Å². The first-order valence-corrected chi connectivity index (χ1v) is 4.50. The fourth-order valence-electron chi connectivity index (χ4n) is 1.23. The van der Waals surface area contributed by atoms with Gasteiger partial charge in [-0.05, 0) is 12.1 Å². The van der Waals surface area contributed by atoms with Gasteiger partial charge >= 0.3 is 0 Å². The number of hydrogen-bond acceptors (Lipinski definition) is 4. The third-order valence-electron chi connectivity index (χ3n) is 1.82. The van der Waals surface area contributed by atoms with E-state index in [9.17, 15) is 0 Å². The second-order valence-corrected chi connectivity index (χ2v) is 3.07. The van der Waals surface area contributed by atoms with Gasteiger partial charge in [0.15, 0.2) is 0 Å². The molecule has 2 rings (SSSR count). The number of ether oxygens (including phenoxy) is 1. The Labute approximate surface area is 87.5 Å². The van der Waals surface area contributed by atoms with Crippen LogP contribution < -0.4 is 16.2 Å². The molecular formula is C11H11N3O. The van der Waals surface area contributed by atoms with Crippen molar-refractivity contribution in [3.8, 4) is 11.5 Å². The maximum Gasteiger partial charge on any atom is 0.134 e. The Morgan fingerprint density at radius 1 is 0.867 bits per heavy atom. The summed E-state index contributed by atoms with van der Waals surface area (Å²) in [5.74, 6) is 2.02. The molecule has 1 aromatic carbocycles. The third kappa shape index (κ3) is 2.37. The summed E-state index contributed by atoms with van der Waals surface area (Å²) in [6.45, 7) is 0. The molecule has 0 aliphatic rings. The van der Waals surface area contributed by atoms with E-state index < -0.39 is 0 Å². The van der Waals surface area contributed by atoms with Crippen LogP contribution in [-0.4, -0.2) is 4.98 Å². The normalized spacial score (nSPS) is 9.87. The molecular weight excluding hydrogens is 190 g/mol. The molecule has 1 heterocycles. The molecule has 15 heavy (non-hydrogen) atoms. The molecule has 4 N–H and O–H groups in total. The smallest absolute Gasteiger partial charge is 0.134 e. The van der Waals surface area contributed by atoms with E-state index in [1.165, 1.54) is 0 Å². The van der Waals surface area contributed by atoms with E-state index in [0.717, 1.165) is 5.75 Å². The van der Waals surface area contributed by atoms with Crippen LogP contribution in [0.4, 0.5) is 11.6 Å². The third-order valence-corrected chi connectivity index (χ3v) is 1.82. The predicted molar refractivity (Wildman–Crippen MR) is 59.6 cm³/mol. The Morgan fingerprint density at radius 2 is 1.47 bits per heavy atom. The molecule has 0 saturated heterocycles. The van der Waals surface area contributed by atoms with Crippen molar-refractivity contribution in [1.29, 1.82) is 0 Å². The van der Waals surface area contributed by atoms with Crippen LogP contribution in [-0.2, 0) is 0 Å². The lowest BCUT2D eigenvalue weighted by molar-refractivity contribution is 0.483. The zero-order valence-electron chi connectivity index (χ0n) is 8.05. The summed E-state index contributed by atoms with van der Waals surface area (Å²) < 4.78 is 5.54. The molecule has 0 atom stereocenters. The number of nitrogens with two attached hydrogens (primary N) is 2. The van der Waals surface area contributed by atoms with Crippen molar-refractivity contribution in [1.82, 2.24) is 4.98 Å². The SMILES string of the molecule is Nc1cc(Oc2ccccc2)cc(N)n1. The molecule has 0 bridgehead atoms. The van der Waals surface area contributed by atoms with Gasteiger partial charge < -0.3 is 16.2 Å². The first kappa shape index (κ1) is 9.33. The van der Waals surface area contributed by atoms with Gasteiger partial charge in [0.1, 0.15) is 23.1 Å². The number of hydrogen-bond donors (Lipinski definition) is 2. The lowest BCUT2D eigenvalue weighted by Crippen LogP contribution is -1.96. The van der Waals surface area contributed by atoms with Gasteiger partial charge in [-0.25, -0.2) is 4.98 Å². The molecule has 0 aliphatic heterocycles. The minimum atomic E-state index is 0.348. The topological polar surface area (TPSA) is 74.2 Å². The molecule has 0 fully saturated rings. The van der Waals surface area contributed by atoms with Gasteiger partial charge in [0.25, 0.3) is 0 Å². The summed E-state index contributed by atoms with van der Waals surface area (Å²) >= 11 is 0. The van der Waals surface area contributed by atoms with Gasteiger partial charge in [-0.3, -0.25) is 0 Å². The molecule has 0 radical (unpaired) electrons. The van der Waals surface area contributed by atoms with Gasteiger partial charge in [0.05, 0.1) is 0 Å². The number of aromatic nitrogens is 1.